The van der Waals surface area contributed by atoms with Gasteiger partial charge in [-0.2, -0.15) is 0 Å². The van der Waals surface area contributed by atoms with Gasteiger partial charge in [-0.1, -0.05) is 30.3 Å². The van der Waals surface area contributed by atoms with E-state index >= 15 is 0 Å². The first-order valence-electron chi connectivity index (χ1n) is 7.09. The Morgan fingerprint density at radius 3 is 2.50 bits per heavy atom. The first kappa shape index (κ1) is 17.1. The largest absolute Gasteiger partial charge is 0.389 e. The summed E-state index contributed by atoms with van der Waals surface area (Å²) in [7, 11) is 4.11. The number of nitrogens with zero attached hydrogens (tertiary/aromatic N) is 1. The lowest BCUT2D eigenvalue weighted by molar-refractivity contribution is 0.0273. The molecule has 1 aromatic carbocycles. The molecular weight excluding hydrogens is 252 g/mol. The van der Waals surface area contributed by atoms with Gasteiger partial charge in [0, 0.05) is 18.6 Å². The topological polar surface area (TPSA) is 44.7 Å². The van der Waals surface area contributed by atoms with Crippen molar-refractivity contribution in [3.05, 3.63) is 35.9 Å². The van der Waals surface area contributed by atoms with Gasteiger partial charge >= 0.3 is 0 Å². The lowest BCUT2D eigenvalue weighted by atomic mass is 10.0. The highest BCUT2D eigenvalue weighted by Crippen LogP contribution is 2.07. The second-order valence-electron chi connectivity index (χ2n) is 5.99. The summed E-state index contributed by atoms with van der Waals surface area (Å²) in [4.78, 5) is 2.16. The average Bonchev–Trinajstić information content (AvgIpc) is 2.39. The van der Waals surface area contributed by atoms with Crippen LogP contribution in [0, 0.1) is 0 Å². The molecule has 0 radical (unpaired) electrons. The first-order valence-corrected chi connectivity index (χ1v) is 7.09. The smallest absolute Gasteiger partial charge is 0.0897 e. The van der Waals surface area contributed by atoms with E-state index in [1.807, 2.05) is 30.3 Å². The van der Waals surface area contributed by atoms with E-state index < -0.39 is 6.10 Å². The number of aliphatic hydroxyl groups is 1. The molecule has 1 unspecified atom stereocenters. The normalized spacial score (nSPS) is 13.7. The van der Waals surface area contributed by atoms with Crippen LogP contribution in [0.1, 0.15) is 19.4 Å². The minimum Gasteiger partial charge on any atom is -0.389 e. The Balaban J connectivity index is 2.13. The van der Waals surface area contributed by atoms with Gasteiger partial charge in [-0.25, -0.2) is 0 Å². The summed E-state index contributed by atoms with van der Waals surface area (Å²) in [5.41, 5.74) is 1.20. The molecule has 1 aromatic rings. The Bertz CT molecular complexity index is 366. The summed E-state index contributed by atoms with van der Waals surface area (Å²) >= 11 is 0. The monoisotopic (exact) mass is 280 g/mol. The maximum atomic E-state index is 9.86. The van der Waals surface area contributed by atoms with E-state index in [0.717, 1.165) is 12.1 Å². The van der Waals surface area contributed by atoms with Gasteiger partial charge in [-0.3, -0.25) is 0 Å². The summed E-state index contributed by atoms with van der Waals surface area (Å²) in [5.74, 6) is 0. The quantitative estimate of drug-likeness (QED) is 0.719. The number of ether oxygens (including phenoxy) is 1. The molecule has 0 fully saturated rings. The third-order valence-corrected chi connectivity index (χ3v) is 3.57. The molecule has 0 saturated heterocycles. The fraction of sp³-hybridized carbons (Fsp3) is 0.625. The van der Waals surface area contributed by atoms with Gasteiger partial charge in [-0.05, 0) is 33.5 Å². The lowest BCUT2D eigenvalue weighted by Crippen LogP contribution is -2.48. The number of hydrogen-bond acceptors (Lipinski definition) is 4. The molecule has 0 saturated carbocycles. The summed E-state index contributed by atoms with van der Waals surface area (Å²) in [6.07, 6.45) is -0.475. The zero-order chi connectivity index (χ0) is 15.0. The fourth-order valence-electron chi connectivity index (χ4n) is 1.65. The molecule has 1 rings (SSSR count). The van der Waals surface area contributed by atoms with Crippen LogP contribution in [0.15, 0.2) is 30.3 Å². The van der Waals surface area contributed by atoms with Gasteiger partial charge in [0.15, 0.2) is 0 Å². The van der Waals surface area contributed by atoms with Gasteiger partial charge < -0.3 is 20.1 Å². The Morgan fingerprint density at radius 2 is 1.90 bits per heavy atom. The highest BCUT2D eigenvalue weighted by molar-refractivity contribution is 5.13. The predicted molar refractivity (Wildman–Crippen MR) is 82.7 cm³/mol. The van der Waals surface area contributed by atoms with E-state index in [2.05, 4.69) is 38.2 Å². The Morgan fingerprint density at radius 1 is 1.25 bits per heavy atom. The summed E-state index contributed by atoms with van der Waals surface area (Å²) in [5, 5.41) is 13.1. The number of likely N-dealkylation sites (N-methyl/N-ethyl adjacent to an activating group) is 1. The molecule has 0 aromatic heterocycles. The van der Waals surface area contributed by atoms with E-state index in [1.54, 1.807) is 0 Å². The molecule has 20 heavy (non-hydrogen) atoms. The van der Waals surface area contributed by atoms with Crippen molar-refractivity contribution in [1.29, 1.82) is 0 Å². The van der Waals surface area contributed by atoms with Gasteiger partial charge in [-0.15, -0.1) is 0 Å². The molecule has 0 spiro atoms. The zero-order valence-corrected chi connectivity index (χ0v) is 13.1. The zero-order valence-electron chi connectivity index (χ0n) is 13.1. The molecule has 4 nitrogen and oxygen atoms in total. The van der Waals surface area contributed by atoms with E-state index in [1.165, 1.54) is 0 Å². The average molecular weight is 280 g/mol. The van der Waals surface area contributed by atoms with E-state index in [4.69, 9.17) is 4.74 Å². The van der Waals surface area contributed by atoms with Crippen LogP contribution in [0.2, 0.25) is 0 Å². The summed E-state index contributed by atoms with van der Waals surface area (Å²) in [6, 6.07) is 9.99. The number of benzene rings is 1. The molecule has 1 atom stereocenters. The van der Waals surface area contributed by atoms with Gasteiger partial charge in [0.2, 0.25) is 0 Å². The van der Waals surface area contributed by atoms with E-state index in [9.17, 15) is 5.11 Å². The van der Waals surface area contributed by atoms with Gasteiger partial charge in [0.25, 0.3) is 0 Å². The minimum atomic E-state index is -0.475. The molecule has 0 aliphatic rings. The maximum absolute atomic E-state index is 9.86. The molecule has 0 heterocycles. The van der Waals surface area contributed by atoms with Crippen molar-refractivity contribution in [2.45, 2.75) is 32.1 Å². The van der Waals surface area contributed by atoms with Crippen molar-refractivity contribution in [3.8, 4) is 0 Å². The van der Waals surface area contributed by atoms with Crippen molar-refractivity contribution in [3.63, 3.8) is 0 Å². The predicted octanol–water partition coefficient (Wildman–Crippen LogP) is 1.49. The number of aliphatic hydroxyl groups excluding tert-OH is 1. The van der Waals surface area contributed by atoms with Crippen LogP contribution in [0.25, 0.3) is 0 Å². The molecule has 0 bridgehead atoms. The number of hydrogen-bond donors (Lipinski definition) is 2. The summed E-state index contributed by atoms with van der Waals surface area (Å²) in [6.45, 7) is 6.60. The van der Waals surface area contributed by atoms with E-state index in [-0.39, 0.29) is 5.54 Å². The van der Waals surface area contributed by atoms with Crippen molar-refractivity contribution >= 4 is 0 Å². The second kappa shape index (κ2) is 8.37. The Hall–Kier alpha value is -0.940. The second-order valence-corrected chi connectivity index (χ2v) is 5.99. The molecule has 4 heteroatoms. The number of rotatable bonds is 9. The third-order valence-electron chi connectivity index (χ3n) is 3.57. The molecular formula is C16H28N2O2. The molecule has 0 aliphatic heterocycles. The van der Waals surface area contributed by atoms with Crippen LogP contribution in [-0.4, -0.2) is 55.4 Å². The van der Waals surface area contributed by atoms with Crippen molar-refractivity contribution in [1.82, 2.24) is 10.2 Å². The van der Waals surface area contributed by atoms with Crippen molar-refractivity contribution in [2.24, 2.45) is 0 Å². The molecule has 0 amide bonds. The van der Waals surface area contributed by atoms with E-state index in [0.29, 0.717) is 19.8 Å². The molecule has 2 N–H and O–H groups in total. The van der Waals surface area contributed by atoms with Crippen molar-refractivity contribution in [2.75, 3.05) is 33.8 Å². The lowest BCUT2D eigenvalue weighted by Gasteiger charge is -2.33. The van der Waals surface area contributed by atoms with Crippen LogP contribution in [0.5, 0.6) is 0 Å². The van der Waals surface area contributed by atoms with Crippen LogP contribution < -0.4 is 5.32 Å². The van der Waals surface area contributed by atoms with Crippen LogP contribution in [0.4, 0.5) is 0 Å². The first-order chi connectivity index (χ1) is 9.42. The number of nitrogens with one attached hydrogen (secondary N) is 1. The third kappa shape index (κ3) is 6.48. The van der Waals surface area contributed by atoms with Crippen LogP contribution in [-0.2, 0) is 11.3 Å². The molecule has 0 aliphatic carbocycles. The Kier molecular flexibility index (Phi) is 7.16. The maximum Gasteiger partial charge on any atom is 0.0897 e. The van der Waals surface area contributed by atoms with Crippen LogP contribution >= 0.6 is 0 Å². The van der Waals surface area contributed by atoms with Gasteiger partial charge in [0.05, 0.1) is 19.3 Å². The molecule has 114 valence electrons. The van der Waals surface area contributed by atoms with Gasteiger partial charge in [0.1, 0.15) is 0 Å². The summed E-state index contributed by atoms with van der Waals surface area (Å²) < 4.78 is 5.51. The Labute approximate surface area is 122 Å². The SMILES string of the molecule is CN(C)C(C)(C)CNCC(O)COCc1ccccc1. The van der Waals surface area contributed by atoms with Crippen LogP contribution in [0.3, 0.4) is 0 Å². The minimum absolute atomic E-state index is 0.0740. The van der Waals surface area contributed by atoms with Crippen molar-refractivity contribution < 1.29 is 9.84 Å². The fourth-order valence-corrected chi connectivity index (χ4v) is 1.65. The highest BCUT2D eigenvalue weighted by atomic mass is 16.5. The highest BCUT2D eigenvalue weighted by Gasteiger charge is 2.19. The standard InChI is InChI=1S/C16H28N2O2/c1-16(2,18(3)4)13-17-10-15(19)12-20-11-14-8-6-5-7-9-14/h5-9,15,17,19H,10-13H2,1-4H3.